The molecule has 1 aliphatic heterocycles. The Labute approximate surface area is 139 Å². The minimum atomic E-state index is -0.448. The molecule has 0 unspecified atom stereocenters. The van der Waals surface area contributed by atoms with E-state index >= 15 is 0 Å². The van der Waals surface area contributed by atoms with Gasteiger partial charge in [-0.1, -0.05) is 0 Å². The molecule has 1 heterocycles. The lowest BCUT2D eigenvalue weighted by Gasteiger charge is -2.32. The van der Waals surface area contributed by atoms with E-state index in [1.54, 1.807) is 0 Å². The third-order valence-electron chi connectivity index (χ3n) is 4.68. The molecule has 1 saturated heterocycles. The number of benzene rings is 1. The van der Waals surface area contributed by atoms with Crippen molar-refractivity contribution in [2.75, 3.05) is 0 Å². The van der Waals surface area contributed by atoms with Gasteiger partial charge < -0.3 is 18.8 Å². The van der Waals surface area contributed by atoms with Gasteiger partial charge in [0.2, 0.25) is 0 Å². The van der Waals surface area contributed by atoms with E-state index in [1.165, 1.54) is 0 Å². The molecule has 2 aliphatic rings. The first kappa shape index (κ1) is 16.7. The van der Waals surface area contributed by atoms with Crippen LogP contribution in [0.2, 0.25) is 0 Å². The summed E-state index contributed by atoms with van der Waals surface area (Å²) < 4.78 is 24.3. The van der Waals surface area contributed by atoms with E-state index in [-0.39, 0.29) is 17.3 Å². The standard InChI is InChI=1S/C18H27BO4/c1-12(2)20-16-10-9-14(21-13-7-8-13)11-15(16)19-22-17(3,4)18(5,6)23-19/h9-13H,7-8H2,1-6H3. The van der Waals surface area contributed by atoms with Crippen molar-refractivity contribution in [1.82, 2.24) is 0 Å². The van der Waals surface area contributed by atoms with Crippen LogP contribution in [0.15, 0.2) is 18.2 Å². The molecule has 3 rings (SSSR count). The molecule has 0 spiro atoms. The number of ether oxygens (including phenoxy) is 2. The van der Waals surface area contributed by atoms with Crippen molar-refractivity contribution in [2.45, 2.75) is 77.8 Å². The summed E-state index contributed by atoms with van der Waals surface area (Å²) in [6.07, 6.45) is 2.72. The van der Waals surface area contributed by atoms with Crippen molar-refractivity contribution in [3.05, 3.63) is 18.2 Å². The van der Waals surface area contributed by atoms with E-state index in [0.717, 1.165) is 29.8 Å². The lowest BCUT2D eigenvalue weighted by atomic mass is 9.78. The molecule has 4 nitrogen and oxygen atoms in total. The van der Waals surface area contributed by atoms with Crippen molar-refractivity contribution in [2.24, 2.45) is 0 Å². The lowest BCUT2D eigenvalue weighted by molar-refractivity contribution is 0.00578. The molecule has 23 heavy (non-hydrogen) atoms. The Kier molecular flexibility index (Phi) is 4.13. The maximum Gasteiger partial charge on any atom is 0.498 e. The normalized spacial score (nSPS) is 22.5. The highest BCUT2D eigenvalue weighted by Crippen LogP contribution is 2.38. The van der Waals surface area contributed by atoms with Crippen LogP contribution in [0.1, 0.15) is 54.4 Å². The molecule has 126 valence electrons. The van der Waals surface area contributed by atoms with Crippen LogP contribution in [0.3, 0.4) is 0 Å². The maximum atomic E-state index is 6.19. The van der Waals surface area contributed by atoms with Gasteiger partial charge in [-0.15, -0.1) is 0 Å². The second-order valence-corrected chi connectivity index (χ2v) is 7.77. The Morgan fingerprint density at radius 3 is 2.22 bits per heavy atom. The zero-order chi connectivity index (χ0) is 16.8. The third-order valence-corrected chi connectivity index (χ3v) is 4.68. The molecular weight excluding hydrogens is 291 g/mol. The second kappa shape index (κ2) is 5.71. The Morgan fingerprint density at radius 2 is 1.70 bits per heavy atom. The number of hydrogen-bond acceptors (Lipinski definition) is 4. The topological polar surface area (TPSA) is 36.9 Å². The monoisotopic (exact) mass is 318 g/mol. The van der Waals surface area contributed by atoms with E-state index in [2.05, 4.69) is 27.7 Å². The highest BCUT2D eigenvalue weighted by Gasteiger charge is 2.52. The Morgan fingerprint density at radius 1 is 1.09 bits per heavy atom. The molecule has 0 amide bonds. The lowest BCUT2D eigenvalue weighted by Crippen LogP contribution is -2.41. The van der Waals surface area contributed by atoms with E-state index < -0.39 is 7.12 Å². The smallest absolute Gasteiger partial charge is 0.491 e. The fourth-order valence-electron chi connectivity index (χ4n) is 2.49. The molecule has 1 aromatic carbocycles. The first-order valence-corrected chi connectivity index (χ1v) is 8.51. The zero-order valence-electron chi connectivity index (χ0n) is 15.0. The Bertz CT molecular complexity index is 562. The minimum Gasteiger partial charge on any atom is -0.491 e. The van der Waals surface area contributed by atoms with Gasteiger partial charge in [0.25, 0.3) is 0 Å². The fraction of sp³-hybridized carbons (Fsp3) is 0.667. The number of rotatable bonds is 5. The van der Waals surface area contributed by atoms with Gasteiger partial charge in [-0.25, -0.2) is 0 Å². The van der Waals surface area contributed by atoms with E-state index in [1.807, 2.05) is 32.0 Å². The largest absolute Gasteiger partial charge is 0.498 e. The highest BCUT2D eigenvalue weighted by atomic mass is 16.7. The third kappa shape index (κ3) is 3.51. The SMILES string of the molecule is CC(C)Oc1ccc(OC2CC2)cc1B1OC(C)(C)C(C)(C)O1. The summed E-state index contributed by atoms with van der Waals surface area (Å²) in [5, 5.41) is 0. The van der Waals surface area contributed by atoms with Crippen LogP contribution in [0, 0.1) is 0 Å². The summed E-state index contributed by atoms with van der Waals surface area (Å²) in [4.78, 5) is 0. The Hall–Kier alpha value is -1.20. The van der Waals surface area contributed by atoms with Gasteiger partial charge in [0.05, 0.1) is 23.4 Å². The van der Waals surface area contributed by atoms with E-state index in [9.17, 15) is 0 Å². The van der Waals surface area contributed by atoms with Gasteiger partial charge in [-0.2, -0.15) is 0 Å². The van der Waals surface area contributed by atoms with Crippen LogP contribution < -0.4 is 14.9 Å². The molecule has 5 heteroatoms. The number of hydrogen-bond donors (Lipinski definition) is 0. The summed E-state index contributed by atoms with van der Waals surface area (Å²) >= 11 is 0. The van der Waals surface area contributed by atoms with Crippen LogP contribution in [0.25, 0.3) is 0 Å². The molecule has 0 atom stereocenters. The van der Waals surface area contributed by atoms with Crippen LogP contribution in [0.5, 0.6) is 11.5 Å². The quantitative estimate of drug-likeness (QED) is 0.781. The average molecular weight is 318 g/mol. The van der Waals surface area contributed by atoms with Crippen LogP contribution in [-0.2, 0) is 9.31 Å². The molecule has 0 N–H and O–H groups in total. The summed E-state index contributed by atoms with van der Waals surface area (Å²) in [6, 6.07) is 5.92. The van der Waals surface area contributed by atoms with Gasteiger partial charge in [0, 0.05) is 5.46 Å². The van der Waals surface area contributed by atoms with Gasteiger partial charge in [-0.05, 0) is 72.6 Å². The van der Waals surface area contributed by atoms with Crippen LogP contribution in [-0.4, -0.2) is 30.5 Å². The molecule has 1 aliphatic carbocycles. The van der Waals surface area contributed by atoms with Crippen molar-refractivity contribution in [3.63, 3.8) is 0 Å². The van der Waals surface area contributed by atoms with E-state index in [4.69, 9.17) is 18.8 Å². The van der Waals surface area contributed by atoms with Crippen molar-refractivity contribution in [1.29, 1.82) is 0 Å². The van der Waals surface area contributed by atoms with Gasteiger partial charge in [-0.3, -0.25) is 0 Å². The molecule has 1 saturated carbocycles. The fourth-order valence-corrected chi connectivity index (χ4v) is 2.49. The second-order valence-electron chi connectivity index (χ2n) is 7.77. The summed E-state index contributed by atoms with van der Waals surface area (Å²) in [6.45, 7) is 12.3. The molecule has 2 fully saturated rings. The average Bonchev–Trinajstić information content (AvgIpc) is 3.18. The molecule has 1 aromatic rings. The Balaban J connectivity index is 1.91. The molecular formula is C18H27BO4. The van der Waals surface area contributed by atoms with Crippen molar-refractivity contribution < 1.29 is 18.8 Å². The molecule has 0 aromatic heterocycles. The zero-order valence-corrected chi connectivity index (χ0v) is 15.0. The summed E-state index contributed by atoms with van der Waals surface area (Å²) in [7, 11) is -0.448. The van der Waals surface area contributed by atoms with Gasteiger partial charge >= 0.3 is 7.12 Å². The van der Waals surface area contributed by atoms with Gasteiger partial charge in [0.15, 0.2) is 0 Å². The first-order chi connectivity index (χ1) is 10.7. The summed E-state index contributed by atoms with van der Waals surface area (Å²) in [5.41, 5.74) is 0.149. The van der Waals surface area contributed by atoms with Crippen molar-refractivity contribution in [3.8, 4) is 11.5 Å². The molecule has 0 radical (unpaired) electrons. The predicted molar refractivity (Wildman–Crippen MR) is 91.6 cm³/mol. The summed E-state index contributed by atoms with van der Waals surface area (Å²) in [5.74, 6) is 1.65. The predicted octanol–water partition coefficient (Wildman–Crippen LogP) is 3.31. The van der Waals surface area contributed by atoms with E-state index in [0.29, 0.717) is 6.10 Å². The first-order valence-electron chi connectivity index (χ1n) is 8.51. The van der Waals surface area contributed by atoms with Crippen molar-refractivity contribution >= 4 is 12.6 Å². The van der Waals surface area contributed by atoms with Crippen LogP contribution >= 0.6 is 0 Å². The van der Waals surface area contributed by atoms with Gasteiger partial charge in [0.1, 0.15) is 11.5 Å². The maximum absolute atomic E-state index is 6.19. The molecule has 0 bridgehead atoms. The highest BCUT2D eigenvalue weighted by molar-refractivity contribution is 6.63. The minimum absolute atomic E-state index is 0.0892. The van der Waals surface area contributed by atoms with Crippen LogP contribution in [0.4, 0.5) is 0 Å².